The number of carbonyl (C=O) groups is 1. The highest BCUT2D eigenvalue weighted by Crippen LogP contribution is 2.31. The highest BCUT2D eigenvalue weighted by Gasteiger charge is 2.31. The summed E-state index contributed by atoms with van der Waals surface area (Å²) in [6.45, 7) is 7.06. The van der Waals surface area contributed by atoms with Gasteiger partial charge >= 0.3 is 0 Å². The third kappa shape index (κ3) is 3.94. The average Bonchev–Trinajstić information content (AvgIpc) is 2.93. The molecule has 2 unspecified atom stereocenters. The third-order valence-corrected chi connectivity index (χ3v) is 6.43. The van der Waals surface area contributed by atoms with Crippen molar-refractivity contribution in [2.45, 2.75) is 39.7 Å². The molecule has 1 aromatic carbocycles. The molecule has 1 aliphatic heterocycles. The highest BCUT2D eigenvalue weighted by molar-refractivity contribution is 7.15. The average molecular weight is 398 g/mol. The molecule has 4 nitrogen and oxygen atoms in total. The molecule has 1 amide bonds. The van der Waals surface area contributed by atoms with Crippen molar-refractivity contribution in [1.29, 1.82) is 0 Å². The first kappa shape index (κ1) is 18.5. The van der Waals surface area contributed by atoms with Crippen LogP contribution in [0.15, 0.2) is 18.2 Å². The van der Waals surface area contributed by atoms with Gasteiger partial charge in [0.05, 0.1) is 10.0 Å². The summed E-state index contributed by atoms with van der Waals surface area (Å²) in [5.74, 6) is 0.542. The van der Waals surface area contributed by atoms with Crippen LogP contribution in [0.1, 0.15) is 42.1 Å². The van der Waals surface area contributed by atoms with E-state index in [1.54, 1.807) is 12.1 Å². The molecule has 0 spiro atoms. The molecule has 1 saturated heterocycles. The number of nitrogens with zero attached hydrogens (tertiary/aromatic N) is 2. The summed E-state index contributed by atoms with van der Waals surface area (Å²) in [7, 11) is 0. The van der Waals surface area contributed by atoms with Crippen molar-refractivity contribution in [2.75, 3.05) is 11.9 Å². The fraction of sp³-hybridized carbons (Fsp3) is 0.444. The van der Waals surface area contributed by atoms with Crippen LogP contribution >= 0.6 is 34.5 Å². The van der Waals surface area contributed by atoms with Gasteiger partial charge in [0.2, 0.25) is 0 Å². The van der Waals surface area contributed by atoms with Gasteiger partial charge in [0, 0.05) is 23.2 Å². The van der Waals surface area contributed by atoms with E-state index in [1.165, 1.54) is 17.8 Å². The molecule has 25 heavy (non-hydrogen) atoms. The first-order chi connectivity index (χ1) is 11.9. The van der Waals surface area contributed by atoms with E-state index in [0.29, 0.717) is 26.8 Å². The van der Waals surface area contributed by atoms with Gasteiger partial charge in [-0.15, -0.1) is 11.3 Å². The maximum Gasteiger partial charge on any atom is 0.273 e. The fourth-order valence-electron chi connectivity index (χ4n) is 3.10. The lowest BCUT2D eigenvalue weighted by Gasteiger charge is -2.37. The van der Waals surface area contributed by atoms with Crippen LogP contribution in [0.2, 0.25) is 10.0 Å². The molecule has 0 saturated carbocycles. The van der Waals surface area contributed by atoms with Crippen molar-refractivity contribution >= 4 is 51.3 Å². The standard InChI is InChI=1S/C18H21Cl2N3OS/c1-10-5-4-8-23(11(10)2)17(24)16-12(3)25-18(22-16)21-13-6-7-14(19)15(20)9-13/h6-7,9-11H,4-5,8H2,1-3H3,(H,21,22). The molecule has 0 bridgehead atoms. The highest BCUT2D eigenvalue weighted by atomic mass is 35.5. The zero-order valence-corrected chi connectivity index (χ0v) is 16.8. The second-order valence-corrected chi connectivity index (χ2v) is 8.55. The van der Waals surface area contributed by atoms with Crippen LogP contribution in [0.4, 0.5) is 10.8 Å². The quantitative estimate of drug-likeness (QED) is 0.715. The van der Waals surface area contributed by atoms with Crippen molar-refractivity contribution < 1.29 is 4.79 Å². The number of aromatic nitrogens is 1. The maximum absolute atomic E-state index is 12.9. The summed E-state index contributed by atoms with van der Waals surface area (Å²) in [5.41, 5.74) is 1.33. The molecule has 0 radical (unpaired) electrons. The topological polar surface area (TPSA) is 45.2 Å². The molecule has 0 aliphatic carbocycles. The lowest BCUT2D eigenvalue weighted by atomic mass is 9.92. The van der Waals surface area contributed by atoms with Gasteiger partial charge < -0.3 is 10.2 Å². The largest absolute Gasteiger partial charge is 0.334 e. The Morgan fingerprint density at radius 3 is 2.80 bits per heavy atom. The fourth-order valence-corrected chi connectivity index (χ4v) is 4.23. The second-order valence-electron chi connectivity index (χ2n) is 6.54. The molecule has 1 aromatic heterocycles. The smallest absolute Gasteiger partial charge is 0.273 e. The molecule has 1 aliphatic rings. The Morgan fingerprint density at radius 1 is 1.32 bits per heavy atom. The molecule has 134 valence electrons. The molecule has 3 rings (SSSR count). The van der Waals surface area contributed by atoms with E-state index in [9.17, 15) is 4.79 Å². The number of likely N-dealkylation sites (tertiary alicyclic amines) is 1. The van der Waals surface area contributed by atoms with Crippen LogP contribution in [0, 0.1) is 12.8 Å². The van der Waals surface area contributed by atoms with Gasteiger partial charge in [0.1, 0.15) is 5.69 Å². The van der Waals surface area contributed by atoms with Gasteiger partial charge in [0.25, 0.3) is 5.91 Å². The second kappa shape index (κ2) is 7.52. The first-order valence-electron chi connectivity index (χ1n) is 8.37. The summed E-state index contributed by atoms with van der Waals surface area (Å²) >= 11 is 13.5. The van der Waals surface area contributed by atoms with Gasteiger partial charge in [0.15, 0.2) is 5.13 Å². The summed E-state index contributed by atoms with van der Waals surface area (Å²) in [6.07, 6.45) is 2.22. The van der Waals surface area contributed by atoms with Gasteiger partial charge in [-0.2, -0.15) is 0 Å². The Hall–Kier alpha value is -1.30. The van der Waals surface area contributed by atoms with Crippen LogP contribution in [0.3, 0.4) is 0 Å². The molecule has 2 atom stereocenters. The van der Waals surface area contributed by atoms with Crippen molar-refractivity contribution in [3.05, 3.63) is 38.8 Å². The van der Waals surface area contributed by atoms with Crippen LogP contribution in [0.25, 0.3) is 0 Å². The SMILES string of the molecule is Cc1sc(Nc2ccc(Cl)c(Cl)c2)nc1C(=O)N1CCCC(C)C1C. The van der Waals surface area contributed by atoms with E-state index < -0.39 is 0 Å². The predicted octanol–water partition coefficient (Wildman–Crippen LogP) is 5.76. The minimum Gasteiger partial charge on any atom is -0.334 e. The van der Waals surface area contributed by atoms with Crippen LogP contribution in [-0.4, -0.2) is 28.4 Å². The normalized spacial score (nSPS) is 20.6. The van der Waals surface area contributed by atoms with Gasteiger partial charge in [-0.1, -0.05) is 30.1 Å². The first-order valence-corrected chi connectivity index (χ1v) is 9.94. The molecule has 7 heteroatoms. The van der Waals surface area contributed by atoms with E-state index >= 15 is 0 Å². The van der Waals surface area contributed by atoms with E-state index in [-0.39, 0.29) is 11.9 Å². The number of hydrogen-bond acceptors (Lipinski definition) is 4. The number of rotatable bonds is 3. The number of nitrogens with one attached hydrogen (secondary N) is 1. The Labute approximate surface area is 162 Å². The molecular formula is C18H21Cl2N3OS. The molecule has 1 N–H and O–H groups in total. The lowest BCUT2D eigenvalue weighted by Crippen LogP contribution is -2.46. The maximum atomic E-state index is 12.9. The van der Waals surface area contributed by atoms with Crippen molar-refractivity contribution in [2.24, 2.45) is 5.92 Å². The third-order valence-electron chi connectivity index (χ3n) is 4.80. The Balaban J connectivity index is 1.79. The number of thiazole rings is 1. The van der Waals surface area contributed by atoms with Crippen LogP contribution < -0.4 is 5.32 Å². The van der Waals surface area contributed by atoms with E-state index in [2.05, 4.69) is 24.1 Å². The van der Waals surface area contributed by atoms with E-state index in [0.717, 1.165) is 23.5 Å². The van der Waals surface area contributed by atoms with Gasteiger partial charge in [-0.05, 0) is 50.8 Å². The van der Waals surface area contributed by atoms with E-state index in [1.807, 2.05) is 17.9 Å². The van der Waals surface area contributed by atoms with Gasteiger partial charge in [-0.3, -0.25) is 4.79 Å². The van der Waals surface area contributed by atoms with E-state index in [4.69, 9.17) is 23.2 Å². The van der Waals surface area contributed by atoms with Crippen molar-refractivity contribution in [3.63, 3.8) is 0 Å². The number of aryl methyl sites for hydroxylation is 1. The minimum atomic E-state index is 0.0231. The Bertz CT molecular complexity index is 793. The number of benzene rings is 1. The molecule has 2 aromatic rings. The van der Waals surface area contributed by atoms with Crippen molar-refractivity contribution in [1.82, 2.24) is 9.88 Å². The van der Waals surface area contributed by atoms with Gasteiger partial charge in [-0.25, -0.2) is 4.98 Å². The minimum absolute atomic E-state index is 0.0231. The number of anilines is 2. The molecule has 1 fully saturated rings. The van der Waals surface area contributed by atoms with Crippen LogP contribution in [0.5, 0.6) is 0 Å². The Kier molecular flexibility index (Phi) is 5.56. The summed E-state index contributed by atoms with van der Waals surface area (Å²) < 4.78 is 0. The zero-order valence-electron chi connectivity index (χ0n) is 14.5. The summed E-state index contributed by atoms with van der Waals surface area (Å²) in [5, 5.41) is 4.87. The lowest BCUT2D eigenvalue weighted by molar-refractivity contribution is 0.0545. The number of amides is 1. The van der Waals surface area contributed by atoms with Crippen LogP contribution in [-0.2, 0) is 0 Å². The molecular weight excluding hydrogens is 377 g/mol. The van der Waals surface area contributed by atoms with Crippen molar-refractivity contribution in [3.8, 4) is 0 Å². The summed E-state index contributed by atoms with van der Waals surface area (Å²) in [4.78, 5) is 20.3. The zero-order chi connectivity index (χ0) is 18.1. The number of halogens is 2. The number of carbonyl (C=O) groups excluding carboxylic acids is 1. The summed E-state index contributed by atoms with van der Waals surface area (Å²) in [6, 6.07) is 5.56. The number of piperidine rings is 1. The number of hydrogen-bond donors (Lipinski definition) is 1. The Morgan fingerprint density at radius 2 is 2.08 bits per heavy atom. The monoisotopic (exact) mass is 397 g/mol. The predicted molar refractivity (Wildman–Crippen MR) is 105 cm³/mol. The molecule has 2 heterocycles.